The van der Waals surface area contributed by atoms with Gasteiger partial charge in [-0.15, -0.1) is 11.8 Å². The van der Waals surface area contributed by atoms with Gasteiger partial charge in [0.15, 0.2) is 5.65 Å². The number of carbonyl (C=O) groups is 1. The molecule has 1 N–H and O–H groups in total. The maximum Gasteiger partial charge on any atom is 0.304 e. The van der Waals surface area contributed by atoms with Crippen LogP contribution < -0.4 is 0 Å². The van der Waals surface area contributed by atoms with E-state index in [0.717, 1.165) is 16.1 Å². The zero-order chi connectivity index (χ0) is 15.5. The van der Waals surface area contributed by atoms with E-state index in [1.165, 1.54) is 18.1 Å². The Morgan fingerprint density at radius 3 is 3.00 bits per heavy atom. The van der Waals surface area contributed by atoms with Gasteiger partial charge in [-0.2, -0.15) is 5.10 Å². The van der Waals surface area contributed by atoms with Gasteiger partial charge in [-0.1, -0.05) is 17.7 Å². The van der Waals surface area contributed by atoms with Crippen molar-refractivity contribution in [3.8, 4) is 5.69 Å². The van der Waals surface area contributed by atoms with Crippen LogP contribution in [-0.4, -0.2) is 36.6 Å². The Bertz CT molecular complexity index is 837. The van der Waals surface area contributed by atoms with E-state index in [1.807, 2.05) is 12.1 Å². The molecule has 112 valence electrons. The smallest absolute Gasteiger partial charge is 0.304 e. The molecule has 0 spiro atoms. The molecule has 0 bridgehead atoms. The fourth-order valence-corrected chi connectivity index (χ4v) is 3.05. The van der Waals surface area contributed by atoms with Crippen molar-refractivity contribution in [2.24, 2.45) is 0 Å². The highest BCUT2D eigenvalue weighted by atomic mass is 35.5. The van der Waals surface area contributed by atoms with E-state index in [9.17, 15) is 4.79 Å². The monoisotopic (exact) mass is 334 g/mol. The van der Waals surface area contributed by atoms with Gasteiger partial charge >= 0.3 is 5.97 Å². The Morgan fingerprint density at radius 1 is 1.36 bits per heavy atom. The molecular weight excluding hydrogens is 324 g/mol. The first-order valence-corrected chi connectivity index (χ1v) is 7.81. The molecule has 3 rings (SSSR count). The number of rotatable bonds is 5. The molecule has 2 heterocycles. The molecule has 0 saturated carbocycles. The van der Waals surface area contributed by atoms with E-state index in [0.29, 0.717) is 16.4 Å². The quantitative estimate of drug-likeness (QED) is 0.570. The largest absolute Gasteiger partial charge is 0.481 e. The molecule has 3 aromatic rings. The van der Waals surface area contributed by atoms with Crippen LogP contribution in [0.15, 0.2) is 41.8 Å². The summed E-state index contributed by atoms with van der Waals surface area (Å²) in [5.41, 5.74) is 1.47. The minimum absolute atomic E-state index is 0.0819. The van der Waals surface area contributed by atoms with Crippen molar-refractivity contribution in [2.75, 3.05) is 5.75 Å². The van der Waals surface area contributed by atoms with Crippen molar-refractivity contribution in [3.63, 3.8) is 0 Å². The molecule has 0 aliphatic carbocycles. The summed E-state index contributed by atoms with van der Waals surface area (Å²) in [6, 6.07) is 7.32. The Balaban J connectivity index is 1.96. The SMILES string of the molecule is O=C(O)CCSc1ncnc2c1cnn2-c1cccc(Cl)c1. The van der Waals surface area contributed by atoms with Crippen LogP contribution in [-0.2, 0) is 4.79 Å². The van der Waals surface area contributed by atoms with Crippen LogP contribution in [0.5, 0.6) is 0 Å². The molecule has 0 radical (unpaired) electrons. The zero-order valence-corrected chi connectivity index (χ0v) is 12.9. The second-order valence-electron chi connectivity index (χ2n) is 4.44. The Kier molecular flexibility index (Phi) is 4.26. The van der Waals surface area contributed by atoms with Crippen LogP contribution in [0.2, 0.25) is 5.02 Å². The number of hydrogen-bond donors (Lipinski definition) is 1. The van der Waals surface area contributed by atoms with E-state index < -0.39 is 5.97 Å². The number of halogens is 1. The lowest BCUT2D eigenvalue weighted by Gasteiger charge is -2.04. The molecular formula is C14H11ClN4O2S. The molecule has 6 nitrogen and oxygen atoms in total. The van der Waals surface area contributed by atoms with Crippen molar-refractivity contribution < 1.29 is 9.90 Å². The van der Waals surface area contributed by atoms with Crippen molar-refractivity contribution in [2.45, 2.75) is 11.4 Å². The summed E-state index contributed by atoms with van der Waals surface area (Å²) in [5.74, 6) is -0.378. The van der Waals surface area contributed by atoms with Gasteiger partial charge in [0.25, 0.3) is 0 Å². The third-order valence-corrected chi connectivity index (χ3v) is 4.18. The predicted molar refractivity (Wildman–Crippen MR) is 84.6 cm³/mol. The van der Waals surface area contributed by atoms with E-state index >= 15 is 0 Å². The number of aliphatic carboxylic acids is 1. The lowest BCUT2D eigenvalue weighted by Crippen LogP contribution is -1.98. The van der Waals surface area contributed by atoms with Crippen LogP contribution in [0, 0.1) is 0 Å². The minimum atomic E-state index is -0.826. The Morgan fingerprint density at radius 2 is 2.23 bits per heavy atom. The molecule has 0 aliphatic rings. The van der Waals surface area contributed by atoms with Gasteiger partial charge in [0.05, 0.1) is 23.7 Å². The Hall–Kier alpha value is -2.12. The number of benzene rings is 1. The first kappa shape index (κ1) is 14.8. The summed E-state index contributed by atoms with van der Waals surface area (Å²) in [5, 5.41) is 15.2. The topological polar surface area (TPSA) is 80.9 Å². The van der Waals surface area contributed by atoms with Crippen LogP contribution in [0.3, 0.4) is 0 Å². The van der Waals surface area contributed by atoms with E-state index in [1.54, 1.807) is 23.0 Å². The van der Waals surface area contributed by atoms with Crippen molar-refractivity contribution in [1.29, 1.82) is 0 Å². The van der Waals surface area contributed by atoms with Crippen LogP contribution in [0.4, 0.5) is 0 Å². The Labute approximate surface area is 135 Å². The minimum Gasteiger partial charge on any atom is -0.481 e. The number of carboxylic acid groups (broad SMARTS) is 1. The number of carboxylic acids is 1. The number of aromatic nitrogens is 4. The molecule has 0 unspecified atom stereocenters. The lowest BCUT2D eigenvalue weighted by molar-refractivity contribution is -0.136. The molecule has 1 aromatic carbocycles. The number of fused-ring (bicyclic) bond motifs is 1. The summed E-state index contributed by atoms with van der Waals surface area (Å²) in [6.07, 6.45) is 3.21. The summed E-state index contributed by atoms with van der Waals surface area (Å²) < 4.78 is 1.68. The first-order chi connectivity index (χ1) is 10.6. The normalized spacial score (nSPS) is 11.0. The predicted octanol–water partition coefficient (Wildman–Crippen LogP) is 3.04. The molecule has 0 fully saturated rings. The fourth-order valence-electron chi connectivity index (χ4n) is 1.97. The molecule has 8 heteroatoms. The van der Waals surface area contributed by atoms with Gasteiger partial charge in [-0.05, 0) is 18.2 Å². The van der Waals surface area contributed by atoms with E-state index in [2.05, 4.69) is 15.1 Å². The summed E-state index contributed by atoms with van der Waals surface area (Å²) in [7, 11) is 0. The van der Waals surface area contributed by atoms with Crippen molar-refractivity contribution in [1.82, 2.24) is 19.7 Å². The second-order valence-corrected chi connectivity index (χ2v) is 5.96. The molecule has 2 aromatic heterocycles. The van der Waals surface area contributed by atoms with Gasteiger partial charge in [-0.3, -0.25) is 4.79 Å². The highest BCUT2D eigenvalue weighted by Gasteiger charge is 2.12. The van der Waals surface area contributed by atoms with Gasteiger partial charge in [-0.25, -0.2) is 14.6 Å². The number of nitrogens with zero attached hydrogens (tertiary/aromatic N) is 4. The van der Waals surface area contributed by atoms with Crippen molar-refractivity contribution >= 4 is 40.4 Å². The van der Waals surface area contributed by atoms with E-state index in [-0.39, 0.29) is 6.42 Å². The third-order valence-electron chi connectivity index (χ3n) is 2.94. The van der Waals surface area contributed by atoms with Gasteiger partial charge < -0.3 is 5.11 Å². The van der Waals surface area contributed by atoms with Crippen LogP contribution in [0.1, 0.15) is 6.42 Å². The molecule has 0 amide bonds. The molecule has 0 atom stereocenters. The standard InChI is InChI=1S/C14H11ClN4O2S/c15-9-2-1-3-10(6-9)19-13-11(7-18-19)14(17-8-16-13)22-5-4-12(20)21/h1-3,6-8H,4-5H2,(H,20,21). The zero-order valence-electron chi connectivity index (χ0n) is 11.3. The molecule has 0 aliphatic heterocycles. The van der Waals surface area contributed by atoms with Crippen LogP contribution in [0.25, 0.3) is 16.7 Å². The maximum absolute atomic E-state index is 10.6. The fraction of sp³-hybridized carbons (Fsp3) is 0.143. The van der Waals surface area contributed by atoms with E-state index in [4.69, 9.17) is 16.7 Å². The molecule has 22 heavy (non-hydrogen) atoms. The first-order valence-electron chi connectivity index (χ1n) is 6.44. The highest BCUT2D eigenvalue weighted by molar-refractivity contribution is 7.99. The van der Waals surface area contributed by atoms with Crippen LogP contribution >= 0.6 is 23.4 Å². The third kappa shape index (κ3) is 3.05. The summed E-state index contributed by atoms with van der Waals surface area (Å²) >= 11 is 7.39. The highest BCUT2D eigenvalue weighted by Crippen LogP contribution is 2.26. The van der Waals surface area contributed by atoms with Crippen molar-refractivity contribution in [3.05, 3.63) is 41.8 Å². The lowest BCUT2D eigenvalue weighted by atomic mass is 10.3. The summed E-state index contributed by atoms with van der Waals surface area (Å²) in [6.45, 7) is 0. The second kappa shape index (κ2) is 6.33. The van der Waals surface area contributed by atoms with Gasteiger partial charge in [0.1, 0.15) is 11.4 Å². The van der Waals surface area contributed by atoms with Gasteiger partial charge in [0.2, 0.25) is 0 Å². The average molecular weight is 335 g/mol. The molecule has 0 saturated heterocycles. The number of thioether (sulfide) groups is 1. The number of hydrogen-bond acceptors (Lipinski definition) is 5. The average Bonchev–Trinajstić information content (AvgIpc) is 2.92. The maximum atomic E-state index is 10.6. The summed E-state index contributed by atoms with van der Waals surface area (Å²) in [4.78, 5) is 19.1. The van der Waals surface area contributed by atoms with Gasteiger partial charge in [0, 0.05) is 10.8 Å².